The molecule has 1 N–H and O–H groups in total. The lowest BCUT2D eigenvalue weighted by Crippen LogP contribution is -2.41. The van der Waals surface area contributed by atoms with Crippen LogP contribution in [0.2, 0.25) is 5.02 Å². The highest BCUT2D eigenvalue weighted by Crippen LogP contribution is 2.37. The SMILES string of the molecule is Cc1c(Cl)cccc1NC(=O)C1CCN(c2c(C(=O)N3CCC(C)CC3)cnc3snc(C)c23)CC1. The highest BCUT2D eigenvalue weighted by atomic mass is 35.5. The molecular formula is C27H32ClN5O2S. The van der Waals surface area contributed by atoms with Crippen LogP contribution >= 0.6 is 23.1 Å². The van der Waals surface area contributed by atoms with E-state index in [2.05, 4.69) is 26.5 Å². The molecule has 2 saturated heterocycles. The Hall–Kier alpha value is -2.71. The minimum absolute atomic E-state index is 0.0204. The first-order valence-corrected chi connectivity index (χ1v) is 13.8. The lowest BCUT2D eigenvalue weighted by Gasteiger charge is -2.36. The smallest absolute Gasteiger partial charge is 0.257 e. The number of anilines is 2. The zero-order valence-electron chi connectivity index (χ0n) is 21.0. The molecule has 5 rings (SSSR count). The van der Waals surface area contributed by atoms with Crippen LogP contribution in [0.3, 0.4) is 0 Å². The van der Waals surface area contributed by atoms with Crippen LogP contribution in [0.15, 0.2) is 24.4 Å². The van der Waals surface area contributed by atoms with Gasteiger partial charge in [-0.05, 0) is 74.7 Å². The summed E-state index contributed by atoms with van der Waals surface area (Å²) in [6.45, 7) is 9.08. The topological polar surface area (TPSA) is 78.4 Å². The van der Waals surface area contributed by atoms with E-state index < -0.39 is 0 Å². The number of aromatic nitrogens is 2. The van der Waals surface area contributed by atoms with Crippen molar-refractivity contribution in [2.45, 2.75) is 46.5 Å². The number of carbonyl (C=O) groups excluding carboxylic acids is 2. The first-order valence-electron chi connectivity index (χ1n) is 12.7. The van der Waals surface area contributed by atoms with Crippen molar-refractivity contribution in [3.63, 3.8) is 0 Å². The van der Waals surface area contributed by atoms with E-state index in [1.165, 1.54) is 11.5 Å². The van der Waals surface area contributed by atoms with Crippen LogP contribution < -0.4 is 10.2 Å². The predicted molar refractivity (Wildman–Crippen MR) is 146 cm³/mol. The Balaban J connectivity index is 1.37. The number of aryl methyl sites for hydroxylation is 1. The van der Waals surface area contributed by atoms with Gasteiger partial charge in [-0.2, -0.15) is 4.37 Å². The van der Waals surface area contributed by atoms with Crippen LogP contribution in [0.4, 0.5) is 11.4 Å². The molecule has 0 unspecified atom stereocenters. The van der Waals surface area contributed by atoms with E-state index >= 15 is 0 Å². The third kappa shape index (κ3) is 4.81. The van der Waals surface area contributed by atoms with Crippen molar-refractivity contribution >= 4 is 56.5 Å². The van der Waals surface area contributed by atoms with Gasteiger partial charge < -0.3 is 15.1 Å². The number of benzene rings is 1. The van der Waals surface area contributed by atoms with Crippen LogP contribution in [0.5, 0.6) is 0 Å². The highest BCUT2D eigenvalue weighted by molar-refractivity contribution is 7.13. The number of fused-ring (bicyclic) bond motifs is 1. The average molecular weight is 526 g/mol. The molecule has 36 heavy (non-hydrogen) atoms. The van der Waals surface area contributed by atoms with Gasteiger partial charge >= 0.3 is 0 Å². The van der Waals surface area contributed by atoms with Gasteiger partial charge in [-0.25, -0.2) is 4.98 Å². The molecule has 190 valence electrons. The molecule has 3 aromatic rings. The number of amides is 2. The normalized spacial score (nSPS) is 17.6. The fraction of sp³-hybridized carbons (Fsp3) is 0.481. The summed E-state index contributed by atoms with van der Waals surface area (Å²) in [5.74, 6) is 0.625. The van der Waals surface area contributed by atoms with Crippen LogP contribution in [0.25, 0.3) is 10.2 Å². The van der Waals surface area contributed by atoms with E-state index in [1.807, 2.05) is 36.9 Å². The number of carbonyl (C=O) groups is 2. The lowest BCUT2D eigenvalue weighted by atomic mass is 9.94. The van der Waals surface area contributed by atoms with Gasteiger partial charge in [0.15, 0.2) is 0 Å². The van der Waals surface area contributed by atoms with E-state index in [9.17, 15) is 9.59 Å². The summed E-state index contributed by atoms with van der Waals surface area (Å²) in [7, 11) is 0. The Bertz CT molecular complexity index is 1290. The van der Waals surface area contributed by atoms with E-state index in [0.717, 1.165) is 58.8 Å². The molecule has 0 atom stereocenters. The van der Waals surface area contributed by atoms with Gasteiger partial charge in [0.25, 0.3) is 5.91 Å². The van der Waals surface area contributed by atoms with Crippen LogP contribution in [-0.2, 0) is 4.79 Å². The summed E-state index contributed by atoms with van der Waals surface area (Å²) >= 11 is 7.60. The Morgan fingerprint density at radius 2 is 1.81 bits per heavy atom. The lowest BCUT2D eigenvalue weighted by molar-refractivity contribution is -0.120. The molecule has 2 aliphatic heterocycles. The molecule has 0 radical (unpaired) electrons. The molecule has 0 bridgehead atoms. The number of halogens is 1. The number of nitrogens with zero attached hydrogens (tertiary/aromatic N) is 4. The highest BCUT2D eigenvalue weighted by Gasteiger charge is 2.32. The molecule has 2 fully saturated rings. The van der Waals surface area contributed by atoms with Crippen molar-refractivity contribution in [1.29, 1.82) is 0 Å². The van der Waals surface area contributed by atoms with Crippen LogP contribution in [-0.4, -0.2) is 52.3 Å². The van der Waals surface area contributed by atoms with Gasteiger partial charge in [0, 0.05) is 49.0 Å². The van der Waals surface area contributed by atoms with Gasteiger partial charge in [-0.3, -0.25) is 9.59 Å². The number of nitrogens with one attached hydrogen (secondary N) is 1. The number of hydrogen-bond acceptors (Lipinski definition) is 6. The van der Waals surface area contributed by atoms with Crippen LogP contribution in [0.1, 0.15) is 54.2 Å². The van der Waals surface area contributed by atoms with Gasteiger partial charge in [0.05, 0.1) is 22.3 Å². The number of hydrogen-bond donors (Lipinski definition) is 1. The Morgan fingerprint density at radius 3 is 2.53 bits per heavy atom. The molecule has 1 aromatic carbocycles. The second-order valence-corrected chi connectivity index (χ2v) is 11.3. The quantitative estimate of drug-likeness (QED) is 0.473. The molecule has 2 aromatic heterocycles. The van der Waals surface area contributed by atoms with Crippen LogP contribution in [0, 0.1) is 25.7 Å². The van der Waals surface area contributed by atoms with E-state index in [4.69, 9.17) is 11.6 Å². The van der Waals surface area contributed by atoms with Crippen molar-refractivity contribution < 1.29 is 9.59 Å². The molecule has 7 nitrogen and oxygen atoms in total. The average Bonchev–Trinajstić information content (AvgIpc) is 3.27. The van der Waals surface area contributed by atoms with Crippen molar-refractivity contribution in [1.82, 2.24) is 14.3 Å². The molecule has 2 amide bonds. The summed E-state index contributed by atoms with van der Waals surface area (Å²) in [5.41, 5.74) is 4.11. The van der Waals surface area contributed by atoms with Gasteiger partial charge in [-0.15, -0.1) is 0 Å². The van der Waals surface area contributed by atoms with Gasteiger partial charge in [0.2, 0.25) is 5.91 Å². The standard InChI is InChI=1S/C27H32ClN5O2S/c1-16-7-11-33(12-8-16)27(35)20-15-29-26-23(18(3)31-36-26)24(20)32-13-9-19(10-14-32)25(34)30-22-6-4-5-21(28)17(22)2/h4-6,15-16,19H,7-14H2,1-3H3,(H,30,34). The van der Waals surface area contributed by atoms with Gasteiger partial charge in [0.1, 0.15) is 4.83 Å². The summed E-state index contributed by atoms with van der Waals surface area (Å²) in [4.78, 5) is 36.4. The summed E-state index contributed by atoms with van der Waals surface area (Å²) in [6.07, 6.45) is 5.21. The van der Waals surface area contributed by atoms with Crippen molar-refractivity contribution in [2.75, 3.05) is 36.4 Å². The zero-order chi connectivity index (χ0) is 25.4. The third-order valence-electron chi connectivity index (χ3n) is 7.66. The first kappa shape index (κ1) is 25.0. The Kier molecular flexibility index (Phi) is 7.17. The molecule has 2 aliphatic rings. The third-order valence-corrected chi connectivity index (χ3v) is 8.91. The largest absolute Gasteiger partial charge is 0.370 e. The van der Waals surface area contributed by atoms with E-state index in [1.54, 1.807) is 6.20 Å². The van der Waals surface area contributed by atoms with Crippen molar-refractivity contribution in [3.05, 3.63) is 46.2 Å². The molecule has 0 spiro atoms. The Morgan fingerprint density at radius 1 is 1.08 bits per heavy atom. The maximum Gasteiger partial charge on any atom is 0.257 e. The van der Waals surface area contributed by atoms with Gasteiger partial charge in [-0.1, -0.05) is 24.6 Å². The molecular weight excluding hydrogens is 494 g/mol. The number of pyridine rings is 1. The van der Waals surface area contributed by atoms with E-state index in [-0.39, 0.29) is 17.7 Å². The molecule has 4 heterocycles. The van der Waals surface area contributed by atoms with E-state index in [0.29, 0.717) is 42.4 Å². The number of piperidine rings is 2. The molecule has 0 saturated carbocycles. The van der Waals surface area contributed by atoms with Crippen molar-refractivity contribution in [2.24, 2.45) is 11.8 Å². The maximum atomic E-state index is 13.6. The predicted octanol–water partition coefficient (Wildman–Crippen LogP) is 5.69. The summed E-state index contributed by atoms with van der Waals surface area (Å²) < 4.78 is 4.53. The zero-order valence-corrected chi connectivity index (χ0v) is 22.6. The second kappa shape index (κ2) is 10.3. The van der Waals surface area contributed by atoms with Crippen molar-refractivity contribution in [3.8, 4) is 0 Å². The summed E-state index contributed by atoms with van der Waals surface area (Å²) in [6, 6.07) is 5.56. The minimum Gasteiger partial charge on any atom is -0.370 e. The monoisotopic (exact) mass is 525 g/mol. The fourth-order valence-corrected chi connectivity index (χ4v) is 6.17. The summed E-state index contributed by atoms with van der Waals surface area (Å²) in [5, 5.41) is 4.67. The first-order chi connectivity index (χ1) is 17.3. The number of likely N-dealkylation sites (tertiary alicyclic amines) is 1. The maximum absolute atomic E-state index is 13.6. The second-order valence-electron chi connectivity index (χ2n) is 10.1. The number of rotatable bonds is 4. The molecule has 9 heteroatoms. The minimum atomic E-state index is -0.0959. The Labute approximate surface area is 221 Å². The fourth-order valence-electron chi connectivity index (χ4n) is 5.25. The molecule has 0 aliphatic carbocycles.